The molecule has 2 rings (SSSR count). The molecule has 1 atom stereocenters. The highest BCUT2D eigenvalue weighted by molar-refractivity contribution is 9.10. The Balaban J connectivity index is 2.17. The largest absolute Gasteiger partial charge is 0.392 e. The van der Waals surface area contributed by atoms with Crippen molar-refractivity contribution >= 4 is 26.0 Å². The average molecular weight is 364 g/mol. The number of hydrogen-bond donors (Lipinski definition) is 2. The number of aliphatic hydroxyl groups excluding tert-OH is 1. The quantitative estimate of drug-likeness (QED) is 0.835. The molecule has 2 N–H and O–H groups in total. The third kappa shape index (κ3) is 3.59. The van der Waals surface area contributed by atoms with E-state index >= 15 is 0 Å². The van der Waals surface area contributed by atoms with Crippen molar-refractivity contribution in [2.45, 2.75) is 36.9 Å². The van der Waals surface area contributed by atoms with E-state index in [1.165, 1.54) is 6.07 Å². The molecular formula is C13H18BrNO4S. The lowest BCUT2D eigenvalue weighted by molar-refractivity contribution is 0.0250. The molecule has 1 saturated heterocycles. The van der Waals surface area contributed by atoms with Crippen molar-refractivity contribution in [3.05, 3.63) is 28.2 Å². The second-order valence-electron chi connectivity index (χ2n) is 5.15. The summed E-state index contributed by atoms with van der Waals surface area (Å²) < 4.78 is 33.3. The molecular weight excluding hydrogens is 346 g/mol. The van der Waals surface area contributed by atoms with Gasteiger partial charge in [-0.15, -0.1) is 0 Å². The van der Waals surface area contributed by atoms with E-state index in [0.717, 1.165) is 12.8 Å². The van der Waals surface area contributed by atoms with Gasteiger partial charge in [0.05, 0.1) is 17.1 Å². The van der Waals surface area contributed by atoms with Crippen LogP contribution in [0.4, 0.5) is 0 Å². The Morgan fingerprint density at radius 3 is 2.85 bits per heavy atom. The molecule has 0 bridgehead atoms. The number of aliphatic hydroxyl groups is 1. The Labute approximate surface area is 127 Å². The standard InChI is InChI=1S/C13H18BrNO4S/c1-13(5-2-6-19-13)9-15-20(17,18)12-7-10(8-16)3-4-11(12)14/h3-4,7,15-16H,2,5-6,8-9H2,1H3. The van der Waals surface area contributed by atoms with Crippen molar-refractivity contribution in [2.24, 2.45) is 0 Å². The van der Waals surface area contributed by atoms with Gasteiger partial charge in [0.15, 0.2) is 0 Å². The van der Waals surface area contributed by atoms with Crippen molar-refractivity contribution in [3.63, 3.8) is 0 Å². The monoisotopic (exact) mass is 363 g/mol. The lowest BCUT2D eigenvalue weighted by Crippen LogP contribution is -2.40. The summed E-state index contributed by atoms with van der Waals surface area (Å²) in [6.07, 6.45) is 1.79. The summed E-state index contributed by atoms with van der Waals surface area (Å²) in [5.74, 6) is 0. The minimum Gasteiger partial charge on any atom is -0.392 e. The molecule has 5 nitrogen and oxygen atoms in total. The van der Waals surface area contributed by atoms with E-state index in [4.69, 9.17) is 9.84 Å². The molecule has 1 aromatic carbocycles. The molecule has 0 aliphatic carbocycles. The summed E-state index contributed by atoms with van der Waals surface area (Å²) in [5, 5.41) is 9.11. The van der Waals surface area contributed by atoms with Crippen LogP contribution < -0.4 is 4.72 Å². The molecule has 1 unspecified atom stereocenters. The highest BCUT2D eigenvalue weighted by Crippen LogP contribution is 2.26. The van der Waals surface area contributed by atoms with Gasteiger partial charge in [0, 0.05) is 17.6 Å². The maximum atomic E-state index is 12.3. The van der Waals surface area contributed by atoms with Gasteiger partial charge in [-0.2, -0.15) is 0 Å². The fraction of sp³-hybridized carbons (Fsp3) is 0.538. The molecule has 0 aromatic heterocycles. The molecule has 0 saturated carbocycles. The minimum atomic E-state index is -3.64. The summed E-state index contributed by atoms with van der Waals surface area (Å²) in [4.78, 5) is 0.130. The van der Waals surface area contributed by atoms with Gasteiger partial charge in [0.25, 0.3) is 0 Å². The predicted molar refractivity (Wildman–Crippen MR) is 78.8 cm³/mol. The molecule has 112 valence electrons. The number of sulfonamides is 1. The summed E-state index contributed by atoms with van der Waals surface area (Å²) in [6, 6.07) is 4.75. The van der Waals surface area contributed by atoms with E-state index in [2.05, 4.69) is 20.7 Å². The van der Waals surface area contributed by atoms with Crippen LogP contribution in [-0.2, 0) is 21.4 Å². The van der Waals surface area contributed by atoms with E-state index in [9.17, 15) is 8.42 Å². The zero-order valence-electron chi connectivity index (χ0n) is 11.2. The Bertz CT molecular complexity index is 582. The van der Waals surface area contributed by atoms with E-state index < -0.39 is 15.6 Å². The van der Waals surface area contributed by atoms with Gasteiger partial charge < -0.3 is 9.84 Å². The molecule has 1 aliphatic heterocycles. The average Bonchev–Trinajstić information content (AvgIpc) is 2.85. The summed E-state index contributed by atoms with van der Waals surface area (Å²) in [7, 11) is -3.64. The summed E-state index contributed by atoms with van der Waals surface area (Å²) >= 11 is 3.23. The molecule has 7 heteroatoms. The van der Waals surface area contributed by atoms with E-state index in [0.29, 0.717) is 16.6 Å². The van der Waals surface area contributed by atoms with Crippen LogP contribution >= 0.6 is 15.9 Å². The molecule has 0 spiro atoms. The van der Waals surface area contributed by atoms with E-state index in [-0.39, 0.29) is 18.0 Å². The van der Waals surface area contributed by atoms with Crippen molar-refractivity contribution in [1.82, 2.24) is 4.72 Å². The van der Waals surface area contributed by atoms with Gasteiger partial charge in [-0.25, -0.2) is 13.1 Å². The summed E-state index contributed by atoms with van der Waals surface area (Å²) in [6.45, 7) is 2.62. The second-order valence-corrected chi connectivity index (χ2v) is 7.74. The molecule has 20 heavy (non-hydrogen) atoms. The lowest BCUT2D eigenvalue weighted by atomic mass is 10.0. The van der Waals surface area contributed by atoms with Crippen LogP contribution in [0.2, 0.25) is 0 Å². The Morgan fingerprint density at radius 1 is 1.50 bits per heavy atom. The smallest absolute Gasteiger partial charge is 0.241 e. The Morgan fingerprint density at radius 2 is 2.25 bits per heavy atom. The first-order valence-electron chi connectivity index (χ1n) is 6.39. The molecule has 1 aromatic rings. The highest BCUT2D eigenvalue weighted by Gasteiger charge is 2.31. The van der Waals surface area contributed by atoms with Crippen LogP contribution in [0, 0.1) is 0 Å². The molecule has 1 aliphatic rings. The molecule has 1 heterocycles. The van der Waals surface area contributed by atoms with Gasteiger partial charge in [0.1, 0.15) is 0 Å². The summed E-state index contributed by atoms with van der Waals surface area (Å²) in [5.41, 5.74) is 0.116. The highest BCUT2D eigenvalue weighted by atomic mass is 79.9. The van der Waals surface area contributed by atoms with Crippen molar-refractivity contribution in [2.75, 3.05) is 13.2 Å². The maximum Gasteiger partial charge on any atom is 0.241 e. The van der Waals surface area contributed by atoms with Crippen molar-refractivity contribution in [3.8, 4) is 0 Å². The maximum absolute atomic E-state index is 12.3. The third-order valence-corrected chi connectivity index (χ3v) is 5.80. The fourth-order valence-corrected chi connectivity index (χ4v) is 4.32. The second kappa shape index (κ2) is 6.11. The minimum absolute atomic E-state index is 0.130. The van der Waals surface area contributed by atoms with Crippen molar-refractivity contribution in [1.29, 1.82) is 0 Å². The SMILES string of the molecule is CC1(CNS(=O)(=O)c2cc(CO)ccc2Br)CCCO1. The Hall–Kier alpha value is -0.470. The first kappa shape index (κ1) is 15.9. The Kier molecular flexibility index (Phi) is 4.86. The van der Waals surface area contributed by atoms with Crippen LogP contribution in [0.15, 0.2) is 27.6 Å². The van der Waals surface area contributed by atoms with Gasteiger partial charge in [0.2, 0.25) is 10.0 Å². The van der Waals surface area contributed by atoms with Crippen LogP contribution in [-0.4, -0.2) is 32.3 Å². The number of benzene rings is 1. The fourth-order valence-electron chi connectivity index (χ4n) is 2.15. The topological polar surface area (TPSA) is 75.6 Å². The molecule has 0 amide bonds. The number of rotatable bonds is 5. The van der Waals surface area contributed by atoms with Crippen LogP contribution in [0.25, 0.3) is 0 Å². The van der Waals surface area contributed by atoms with Gasteiger partial charge in [-0.3, -0.25) is 0 Å². The van der Waals surface area contributed by atoms with Gasteiger partial charge in [-0.05, 0) is 53.4 Å². The predicted octanol–water partition coefficient (Wildman–Crippen LogP) is 1.79. The van der Waals surface area contributed by atoms with Crippen molar-refractivity contribution < 1.29 is 18.3 Å². The third-order valence-electron chi connectivity index (χ3n) is 3.40. The van der Waals surface area contributed by atoms with E-state index in [1.54, 1.807) is 12.1 Å². The number of hydrogen-bond acceptors (Lipinski definition) is 4. The molecule has 0 radical (unpaired) electrons. The lowest BCUT2D eigenvalue weighted by Gasteiger charge is -2.23. The number of ether oxygens (including phenoxy) is 1. The zero-order valence-corrected chi connectivity index (χ0v) is 13.6. The van der Waals surface area contributed by atoms with E-state index in [1.807, 2.05) is 6.92 Å². The van der Waals surface area contributed by atoms with Crippen LogP contribution in [0.5, 0.6) is 0 Å². The first-order valence-corrected chi connectivity index (χ1v) is 8.67. The number of nitrogens with one attached hydrogen (secondary N) is 1. The van der Waals surface area contributed by atoms with Crippen LogP contribution in [0.3, 0.4) is 0 Å². The van der Waals surface area contributed by atoms with Gasteiger partial charge >= 0.3 is 0 Å². The molecule has 1 fully saturated rings. The van der Waals surface area contributed by atoms with Gasteiger partial charge in [-0.1, -0.05) is 6.07 Å². The number of halogens is 1. The van der Waals surface area contributed by atoms with Crippen LogP contribution in [0.1, 0.15) is 25.3 Å². The first-order chi connectivity index (χ1) is 9.36. The zero-order chi connectivity index (χ0) is 14.8. The normalized spacial score (nSPS) is 23.1.